The van der Waals surface area contributed by atoms with Gasteiger partial charge in [0.15, 0.2) is 0 Å². The Hall–Kier alpha value is -1.48. The van der Waals surface area contributed by atoms with Gasteiger partial charge in [0.2, 0.25) is 5.91 Å². The van der Waals surface area contributed by atoms with Gasteiger partial charge in [0.25, 0.3) is 0 Å². The first-order valence-corrected chi connectivity index (χ1v) is 5.65. The van der Waals surface area contributed by atoms with E-state index < -0.39 is 23.0 Å². The number of nitrogens with one attached hydrogen (secondary N) is 1. The van der Waals surface area contributed by atoms with Gasteiger partial charge in [0, 0.05) is 6.07 Å². The molecule has 1 amide bonds. The highest BCUT2D eigenvalue weighted by molar-refractivity contribution is 9.10. The third-order valence-corrected chi connectivity index (χ3v) is 3.26. The van der Waals surface area contributed by atoms with Crippen LogP contribution in [0.2, 0.25) is 0 Å². The van der Waals surface area contributed by atoms with Crippen molar-refractivity contribution < 1.29 is 13.6 Å². The Morgan fingerprint density at radius 2 is 2.06 bits per heavy atom. The summed E-state index contributed by atoms with van der Waals surface area (Å²) in [6, 6.07) is 3.69. The summed E-state index contributed by atoms with van der Waals surface area (Å²) >= 11 is 2.83. The van der Waals surface area contributed by atoms with Gasteiger partial charge in [-0.1, -0.05) is 0 Å². The molecule has 0 heterocycles. The summed E-state index contributed by atoms with van der Waals surface area (Å²) in [5.74, 6) is -2.01. The van der Waals surface area contributed by atoms with Crippen molar-refractivity contribution in [3.05, 3.63) is 28.2 Å². The molecule has 0 aromatic heterocycles. The predicted octanol–water partition coefficient (Wildman–Crippen LogP) is 2.97. The average Bonchev–Trinajstić information content (AvgIpc) is 3.06. The Kier molecular flexibility index (Phi) is 2.87. The van der Waals surface area contributed by atoms with Gasteiger partial charge >= 0.3 is 0 Å². The van der Waals surface area contributed by atoms with Crippen LogP contribution in [0.15, 0.2) is 16.6 Å². The molecule has 3 nitrogen and oxygen atoms in total. The van der Waals surface area contributed by atoms with Crippen molar-refractivity contribution in [3.63, 3.8) is 0 Å². The standard InChI is InChI=1S/C11H7BrF2N2O/c12-6-3-8(14)9(4-7(6)13)16-10(17)11(5-15)1-2-11/h3-4H,1-2H2,(H,16,17). The van der Waals surface area contributed by atoms with Crippen LogP contribution in [0.3, 0.4) is 0 Å². The molecule has 2 rings (SSSR count). The zero-order valence-electron chi connectivity index (χ0n) is 8.56. The Morgan fingerprint density at radius 3 is 2.59 bits per heavy atom. The normalized spacial score (nSPS) is 16.1. The molecule has 1 aromatic rings. The van der Waals surface area contributed by atoms with E-state index in [1.807, 2.05) is 6.07 Å². The molecule has 0 spiro atoms. The van der Waals surface area contributed by atoms with Gasteiger partial charge in [-0.15, -0.1) is 0 Å². The van der Waals surface area contributed by atoms with Gasteiger partial charge in [0.1, 0.15) is 17.0 Å². The summed E-state index contributed by atoms with van der Waals surface area (Å²) in [5.41, 5.74) is -1.31. The Labute approximate surface area is 105 Å². The second kappa shape index (κ2) is 4.08. The molecule has 1 aliphatic carbocycles. The smallest absolute Gasteiger partial charge is 0.244 e. The van der Waals surface area contributed by atoms with Gasteiger partial charge in [-0.2, -0.15) is 5.26 Å². The molecule has 1 N–H and O–H groups in total. The third kappa shape index (κ3) is 2.15. The van der Waals surface area contributed by atoms with Crippen LogP contribution in [0.4, 0.5) is 14.5 Å². The average molecular weight is 301 g/mol. The zero-order valence-corrected chi connectivity index (χ0v) is 10.1. The fourth-order valence-electron chi connectivity index (χ4n) is 1.37. The first kappa shape index (κ1) is 12.0. The highest BCUT2D eigenvalue weighted by Gasteiger charge is 2.50. The second-order valence-corrected chi connectivity index (χ2v) is 4.75. The topological polar surface area (TPSA) is 52.9 Å². The number of carbonyl (C=O) groups excluding carboxylic acids is 1. The summed E-state index contributed by atoms with van der Waals surface area (Å²) in [6.07, 6.45) is 0.909. The van der Waals surface area contributed by atoms with Crippen LogP contribution in [0.25, 0.3) is 0 Å². The third-order valence-electron chi connectivity index (χ3n) is 2.66. The van der Waals surface area contributed by atoms with E-state index in [0.29, 0.717) is 12.8 Å². The molecule has 17 heavy (non-hydrogen) atoms. The van der Waals surface area contributed by atoms with Gasteiger partial charge in [-0.05, 0) is 34.8 Å². The molecule has 1 saturated carbocycles. The van der Waals surface area contributed by atoms with Gasteiger partial charge in [-0.3, -0.25) is 4.79 Å². The summed E-state index contributed by atoms with van der Waals surface area (Å²) in [7, 11) is 0. The minimum Gasteiger partial charge on any atom is -0.322 e. The molecule has 0 unspecified atom stereocenters. The minimum atomic E-state index is -1.06. The Balaban J connectivity index is 2.23. The number of hydrogen-bond donors (Lipinski definition) is 1. The van der Waals surface area contributed by atoms with E-state index >= 15 is 0 Å². The van der Waals surface area contributed by atoms with Crippen LogP contribution in [0.1, 0.15) is 12.8 Å². The number of nitriles is 1. The lowest BCUT2D eigenvalue weighted by atomic mass is 10.1. The summed E-state index contributed by atoms with van der Waals surface area (Å²) in [4.78, 5) is 11.6. The molecule has 1 aromatic carbocycles. The monoisotopic (exact) mass is 300 g/mol. The van der Waals surface area contributed by atoms with Crippen molar-refractivity contribution in [1.29, 1.82) is 5.26 Å². The minimum absolute atomic E-state index is 0.0191. The second-order valence-electron chi connectivity index (χ2n) is 3.89. The lowest BCUT2D eigenvalue weighted by Gasteiger charge is -2.09. The number of anilines is 1. The highest BCUT2D eigenvalue weighted by Crippen LogP contribution is 2.45. The van der Waals surface area contributed by atoms with Crippen LogP contribution in [-0.4, -0.2) is 5.91 Å². The molecule has 88 valence electrons. The van der Waals surface area contributed by atoms with Crippen LogP contribution in [0.5, 0.6) is 0 Å². The summed E-state index contributed by atoms with van der Waals surface area (Å²) in [6.45, 7) is 0. The maximum Gasteiger partial charge on any atom is 0.244 e. The van der Waals surface area contributed by atoms with Crippen molar-refractivity contribution in [2.75, 3.05) is 5.32 Å². The van der Waals surface area contributed by atoms with E-state index in [9.17, 15) is 13.6 Å². The SMILES string of the molecule is N#CC1(C(=O)Nc2cc(F)c(Br)cc2F)CC1. The quantitative estimate of drug-likeness (QED) is 0.854. The van der Waals surface area contributed by atoms with Gasteiger partial charge in [-0.25, -0.2) is 8.78 Å². The number of hydrogen-bond acceptors (Lipinski definition) is 2. The number of carbonyl (C=O) groups is 1. The zero-order chi connectivity index (χ0) is 12.6. The van der Waals surface area contributed by atoms with E-state index in [1.54, 1.807) is 0 Å². The first-order chi connectivity index (χ1) is 7.98. The molecule has 0 saturated heterocycles. The van der Waals surface area contributed by atoms with Gasteiger partial charge < -0.3 is 5.32 Å². The van der Waals surface area contributed by atoms with Crippen molar-refractivity contribution >= 4 is 27.5 Å². The van der Waals surface area contributed by atoms with Crippen molar-refractivity contribution in [1.82, 2.24) is 0 Å². The number of rotatable bonds is 2. The molecule has 0 radical (unpaired) electrons. The molecule has 1 aliphatic rings. The van der Waals surface area contributed by atoms with E-state index in [2.05, 4.69) is 21.2 Å². The molecular formula is C11H7BrF2N2O. The van der Waals surface area contributed by atoms with E-state index in [4.69, 9.17) is 5.26 Å². The van der Waals surface area contributed by atoms with E-state index in [1.165, 1.54) is 0 Å². The predicted molar refractivity (Wildman–Crippen MR) is 60.0 cm³/mol. The summed E-state index contributed by atoms with van der Waals surface area (Å²) < 4.78 is 26.6. The maximum absolute atomic E-state index is 13.4. The van der Waals surface area contributed by atoms with Crippen LogP contribution in [-0.2, 0) is 4.79 Å². The number of benzene rings is 1. The van der Waals surface area contributed by atoms with Crippen molar-refractivity contribution in [3.8, 4) is 6.07 Å². The number of amides is 1. The molecular weight excluding hydrogens is 294 g/mol. The Morgan fingerprint density at radius 1 is 1.41 bits per heavy atom. The van der Waals surface area contributed by atoms with Crippen LogP contribution < -0.4 is 5.32 Å². The molecule has 0 atom stereocenters. The van der Waals surface area contributed by atoms with Crippen LogP contribution in [0, 0.1) is 28.4 Å². The van der Waals surface area contributed by atoms with Crippen molar-refractivity contribution in [2.45, 2.75) is 12.8 Å². The number of halogens is 3. The Bertz CT molecular complexity index is 535. The number of nitrogens with zero attached hydrogens (tertiary/aromatic N) is 1. The largest absolute Gasteiger partial charge is 0.322 e. The lowest BCUT2D eigenvalue weighted by molar-refractivity contribution is -0.119. The summed E-state index contributed by atoms with van der Waals surface area (Å²) in [5, 5.41) is 11.0. The molecule has 6 heteroatoms. The van der Waals surface area contributed by atoms with Crippen LogP contribution >= 0.6 is 15.9 Å². The fraction of sp³-hybridized carbons (Fsp3) is 0.273. The highest BCUT2D eigenvalue weighted by atomic mass is 79.9. The van der Waals surface area contributed by atoms with E-state index in [0.717, 1.165) is 12.1 Å². The molecule has 1 fully saturated rings. The fourth-order valence-corrected chi connectivity index (χ4v) is 1.69. The molecule has 0 bridgehead atoms. The maximum atomic E-state index is 13.4. The first-order valence-electron chi connectivity index (χ1n) is 4.86. The van der Waals surface area contributed by atoms with Gasteiger partial charge in [0.05, 0.1) is 16.2 Å². The lowest BCUT2D eigenvalue weighted by Crippen LogP contribution is -2.23. The van der Waals surface area contributed by atoms with Crippen molar-refractivity contribution in [2.24, 2.45) is 5.41 Å². The van der Waals surface area contributed by atoms with E-state index in [-0.39, 0.29) is 10.2 Å². The molecule has 0 aliphatic heterocycles.